The largest absolute Gasteiger partial charge is 0.369 e. The molecule has 1 aromatic rings. The molecule has 2 rings (SSSR count). The van der Waals surface area contributed by atoms with Crippen molar-refractivity contribution in [2.24, 2.45) is 11.7 Å². The van der Waals surface area contributed by atoms with Gasteiger partial charge in [-0.3, -0.25) is 0 Å². The van der Waals surface area contributed by atoms with Gasteiger partial charge in [0.1, 0.15) is 5.82 Å². The molecule has 2 N–H and O–H groups in total. The van der Waals surface area contributed by atoms with E-state index in [4.69, 9.17) is 17.3 Å². The van der Waals surface area contributed by atoms with Crippen LogP contribution in [0.1, 0.15) is 6.42 Å². The lowest BCUT2D eigenvalue weighted by atomic mass is 10.1. The van der Waals surface area contributed by atoms with Crippen LogP contribution < -0.4 is 10.6 Å². The Balaban J connectivity index is 2.28. The van der Waals surface area contributed by atoms with Gasteiger partial charge in [0.05, 0.1) is 10.7 Å². The zero-order chi connectivity index (χ0) is 11.7. The smallest absolute Gasteiger partial charge is 0.125 e. The first kappa shape index (κ1) is 12.1. The van der Waals surface area contributed by atoms with Gasteiger partial charge in [-0.25, -0.2) is 4.39 Å². The second kappa shape index (κ2) is 4.90. The van der Waals surface area contributed by atoms with Gasteiger partial charge in [0.25, 0.3) is 0 Å². The van der Waals surface area contributed by atoms with E-state index < -0.39 is 0 Å². The van der Waals surface area contributed by atoms with Crippen LogP contribution in [0.3, 0.4) is 0 Å². The molecule has 0 amide bonds. The van der Waals surface area contributed by atoms with Gasteiger partial charge in [-0.15, -0.1) is 0 Å². The lowest BCUT2D eigenvalue weighted by Crippen LogP contribution is -2.23. The third kappa shape index (κ3) is 2.34. The van der Waals surface area contributed by atoms with E-state index in [0.717, 1.165) is 25.2 Å². The first-order chi connectivity index (χ1) is 7.61. The van der Waals surface area contributed by atoms with E-state index in [-0.39, 0.29) is 5.82 Å². The molecule has 1 unspecified atom stereocenters. The molecule has 0 radical (unpaired) electrons. The molecule has 0 aromatic heterocycles. The molecule has 1 aliphatic rings. The van der Waals surface area contributed by atoms with E-state index >= 15 is 0 Å². The van der Waals surface area contributed by atoms with Crippen molar-refractivity contribution >= 4 is 33.2 Å². The highest BCUT2D eigenvalue weighted by atomic mass is 79.9. The van der Waals surface area contributed by atoms with E-state index in [9.17, 15) is 4.39 Å². The Labute approximate surface area is 108 Å². The molecule has 1 aromatic carbocycles. The van der Waals surface area contributed by atoms with E-state index in [1.54, 1.807) is 0 Å². The van der Waals surface area contributed by atoms with Gasteiger partial charge in [-0.1, -0.05) is 11.6 Å². The predicted octanol–water partition coefficient (Wildman–Crippen LogP) is 3.03. The Bertz CT molecular complexity index is 377. The average Bonchev–Trinajstić information content (AvgIpc) is 2.64. The molecule has 16 heavy (non-hydrogen) atoms. The number of rotatable bonds is 2. The number of hydrogen-bond donors (Lipinski definition) is 1. The maximum Gasteiger partial charge on any atom is 0.125 e. The van der Waals surface area contributed by atoms with Crippen molar-refractivity contribution in [2.45, 2.75) is 6.42 Å². The summed E-state index contributed by atoms with van der Waals surface area (Å²) in [5.74, 6) is 0.184. The molecule has 1 saturated heterocycles. The number of halogens is 3. The van der Waals surface area contributed by atoms with Crippen molar-refractivity contribution in [1.29, 1.82) is 0 Å². The predicted molar refractivity (Wildman–Crippen MR) is 68.5 cm³/mol. The Morgan fingerprint density at radius 2 is 2.31 bits per heavy atom. The molecule has 0 aliphatic carbocycles. The highest BCUT2D eigenvalue weighted by molar-refractivity contribution is 9.10. The standard InChI is InChI=1S/C11H13BrClFN2/c12-9-3-8(14)4-10(13)11(9)16-2-1-7(5-15)6-16/h3-4,7H,1-2,5-6,15H2. The quantitative estimate of drug-likeness (QED) is 0.910. The summed E-state index contributed by atoms with van der Waals surface area (Å²) < 4.78 is 13.8. The molecule has 0 spiro atoms. The Kier molecular flexibility index (Phi) is 3.72. The topological polar surface area (TPSA) is 29.3 Å². The monoisotopic (exact) mass is 306 g/mol. The summed E-state index contributed by atoms with van der Waals surface area (Å²) in [4.78, 5) is 2.16. The molecule has 88 valence electrons. The van der Waals surface area contributed by atoms with Crippen LogP contribution in [-0.2, 0) is 0 Å². The second-order valence-electron chi connectivity index (χ2n) is 4.05. The van der Waals surface area contributed by atoms with Crippen LogP contribution in [0.15, 0.2) is 16.6 Å². The van der Waals surface area contributed by atoms with Crippen molar-refractivity contribution < 1.29 is 4.39 Å². The lowest BCUT2D eigenvalue weighted by molar-refractivity contribution is 0.602. The second-order valence-corrected chi connectivity index (χ2v) is 5.32. The average molecular weight is 308 g/mol. The van der Waals surface area contributed by atoms with Crippen molar-refractivity contribution in [1.82, 2.24) is 0 Å². The molecule has 0 bridgehead atoms. The fraction of sp³-hybridized carbons (Fsp3) is 0.455. The van der Waals surface area contributed by atoms with Crippen molar-refractivity contribution in [2.75, 3.05) is 24.5 Å². The SMILES string of the molecule is NCC1CCN(c2c(Cl)cc(F)cc2Br)C1. The minimum Gasteiger partial charge on any atom is -0.369 e. The highest BCUT2D eigenvalue weighted by Crippen LogP contribution is 2.37. The van der Waals surface area contributed by atoms with E-state index in [1.165, 1.54) is 12.1 Å². The van der Waals surface area contributed by atoms with Crippen LogP contribution in [0.25, 0.3) is 0 Å². The van der Waals surface area contributed by atoms with Crippen molar-refractivity contribution in [3.05, 3.63) is 27.4 Å². The summed E-state index contributed by atoms with van der Waals surface area (Å²) in [5.41, 5.74) is 6.52. The first-order valence-corrected chi connectivity index (χ1v) is 6.38. The van der Waals surface area contributed by atoms with E-state index in [1.807, 2.05) is 0 Å². The van der Waals surface area contributed by atoms with Gasteiger partial charge in [-0.05, 0) is 46.9 Å². The molecule has 1 heterocycles. The third-order valence-corrected chi connectivity index (χ3v) is 3.81. The summed E-state index contributed by atoms with van der Waals surface area (Å²) in [7, 11) is 0. The van der Waals surface area contributed by atoms with E-state index in [2.05, 4.69) is 20.8 Å². The Morgan fingerprint density at radius 1 is 1.56 bits per heavy atom. The van der Waals surface area contributed by atoms with Gasteiger partial charge in [-0.2, -0.15) is 0 Å². The maximum atomic E-state index is 13.1. The van der Waals surface area contributed by atoms with Crippen LogP contribution in [0, 0.1) is 11.7 Å². The Hall–Kier alpha value is -0.320. The van der Waals surface area contributed by atoms with Crippen molar-refractivity contribution in [3.8, 4) is 0 Å². The van der Waals surface area contributed by atoms with Crippen LogP contribution in [0.4, 0.5) is 10.1 Å². The molecule has 1 aliphatic heterocycles. The molecule has 0 saturated carbocycles. The highest BCUT2D eigenvalue weighted by Gasteiger charge is 2.24. The fourth-order valence-corrected chi connectivity index (χ4v) is 3.19. The summed E-state index contributed by atoms with van der Waals surface area (Å²) in [6.07, 6.45) is 1.07. The normalized spacial score (nSPS) is 20.5. The van der Waals surface area contributed by atoms with Crippen LogP contribution in [0.2, 0.25) is 5.02 Å². The molecular formula is C11H13BrClFN2. The number of hydrogen-bond acceptors (Lipinski definition) is 2. The molecule has 1 fully saturated rings. The van der Waals surface area contributed by atoms with Gasteiger partial charge >= 0.3 is 0 Å². The van der Waals surface area contributed by atoms with Crippen molar-refractivity contribution in [3.63, 3.8) is 0 Å². The summed E-state index contributed by atoms with van der Waals surface area (Å²) >= 11 is 9.42. The molecule has 2 nitrogen and oxygen atoms in total. The van der Waals surface area contributed by atoms with Gasteiger partial charge in [0.2, 0.25) is 0 Å². The van der Waals surface area contributed by atoms with Gasteiger partial charge in [0, 0.05) is 17.6 Å². The maximum absolute atomic E-state index is 13.1. The molecule has 5 heteroatoms. The first-order valence-electron chi connectivity index (χ1n) is 5.21. The van der Waals surface area contributed by atoms with Crippen LogP contribution in [-0.4, -0.2) is 19.6 Å². The van der Waals surface area contributed by atoms with Gasteiger partial charge < -0.3 is 10.6 Å². The zero-order valence-corrected chi connectivity index (χ0v) is 11.1. The van der Waals surface area contributed by atoms with Gasteiger partial charge in [0.15, 0.2) is 0 Å². The van der Waals surface area contributed by atoms with Crippen LogP contribution >= 0.6 is 27.5 Å². The minimum atomic E-state index is -0.324. The minimum absolute atomic E-state index is 0.324. The summed E-state index contributed by atoms with van der Waals surface area (Å²) in [6, 6.07) is 2.79. The number of nitrogens with two attached hydrogens (primary N) is 1. The number of benzene rings is 1. The summed E-state index contributed by atoms with van der Waals surface area (Å²) in [5, 5.41) is 0.449. The zero-order valence-electron chi connectivity index (χ0n) is 8.72. The fourth-order valence-electron chi connectivity index (χ4n) is 2.06. The third-order valence-electron chi connectivity index (χ3n) is 2.92. The molecular weight excluding hydrogens is 294 g/mol. The number of nitrogens with zero attached hydrogens (tertiary/aromatic N) is 1. The van der Waals surface area contributed by atoms with E-state index in [0.29, 0.717) is 22.0 Å². The number of anilines is 1. The van der Waals surface area contributed by atoms with Crippen LogP contribution in [0.5, 0.6) is 0 Å². The summed E-state index contributed by atoms with van der Waals surface area (Å²) in [6.45, 7) is 2.50. The lowest BCUT2D eigenvalue weighted by Gasteiger charge is -2.21. The molecule has 1 atom stereocenters. The Morgan fingerprint density at radius 3 is 2.88 bits per heavy atom.